The van der Waals surface area contributed by atoms with Gasteiger partial charge in [0.25, 0.3) is 0 Å². The molecule has 0 amide bonds. The van der Waals surface area contributed by atoms with Crippen LogP contribution in [0.1, 0.15) is 79.0 Å². The number of phenols is 1. The van der Waals surface area contributed by atoms with E-state index in [4.69, 9.17) is 9.97 Å². The summed E-state index contributed by atoms with van der Waals surface area (Å²) in [6.07, 6.45) is 1.88. The SMILES string of the molecule is CC(C)(C)c1cc(-c2cc(-c3ccccc3)cc3cccnc23)cc(-c2cc(C(C)(C)C)cc3[nH]c(-c4cc(C(C)(C)C)ccc4O)nc23)c1. The molecule has 4 nitrogen and oxygen atoms in total. The lowest BCUT2D eigenvalue weighted by molar-refractivity contribution is 0.475. The number of imidazole rings is 1. The van der Waals surface area contributed by atoms with Crippen LogP contribution in [0.2, 0.25) is 0 Å². The van der Waals surface area contributed by atoms with Gasteiger partial charge >= 0.3 is 0 Å². The molecule has 2 heterocycles. The summed E-state index contributed by atoms with van der Waals surface area (Å²) in [6, 6.07) is 36.6. The number of rotatable bonds is 4. The molecule has 0 atom stereocenters. The Morgan fingerprint density at radius 1 is 0.500 bits per heavy atom. The minimum absolute atomic E-state index is 0.0698. The van der Waals surface area contributed by atoms with E-state index in [0.717, 1.165) is 55.3 Å². The molecule has 5 aromatic carbocycles. The Morgan fingerprint density at radius 2 is 1.12 bits per heavy atom. The van der Waals surface area contributed by atoms with Gasteiger partial charge in [-0.3, -0.25) is 4.98 Å². The van der Waals surface area contributed by atoms with Gasteiger partial charge in [0.2, 0.25) is 0 Å². The van der Waals surface area contributed by atoms with Gasteiger partial charge in [-0.05, 0) is 104 Å². The first-order chi connectivity index (χ1) is 23.6. The van der Waals surface area contributed by atoms with E-state index in [1.807, 2.05) is 18.3 Å². The number of fused-ring (bicyclic) bond motifs is 2. The van der Waals surface area contributed by atoms with Crippen molar-refractivity contribution < 1.29 is 5.11 Å². The van der Waals surface area contributed by atoms with E-state index in [1.165, 1.54) is 16.7 Å². The zero-order chi connectivity index (χ0) is 35.6. The second-order valence-corrected chi connectivity index (χ2v) is 16.8. The van der Waals surface area contributed by atoms with Crippen molar-refractivity contribution in [1.82, 2.24) is 15.0 Å². The zero-order valence-electron chi connectivity index (χ0n) is 30.7. The number of nitrogens with one attached hydrogen (secondary N) is 1. The molecule has 0 spiro atoms. The molecule has 0 aliphatic rings. The van der Waals surface area contributed by atoms with Gasteiger partial charge < -0.3 is 10.1 Å². The number of aromatic hydroxyl groups is 1. The molecule has 0 bridgehead atoms. The number of pyridine rings is 1. The minimum atomic E-state index is -0.109. The van der Waals surface area contributed by atoms with Gasteiger partial charge in [0, 0.05) is 22.7 Å². The molecule has 2 aromatic heterocycles. The summed E-state index contributed by atoms with van der Waals surface area (Å²) in [5.41, 5.74) is 13.5. The van der Waals surface area contributed by atoms with Crippen LogP contribution in [0.4, 0.5) is 0 Å². The molecule has 2 N–H and O–H groups in total. The fraction of sp³-hybridized carbons (Fsp3) is 0.261. The van der Waals surface area contributed by atoms with E-state index in [-0.39, 0.29) is 22.0 Å². The fourth-order valence-corrected chi connectivity index (χ4v) is 6.67. The first-order valence-electron chi connectivity index (χ1n) is 17.5. The van der Waals surface area contributed by atoms with Gasteiger partial charge in [0.05, 0.1) is 22.1 Å². The quantitative estimate of drug-likeness (QED) is 0.198. The molecule has 0 unspecified atom stereocenters. The molecule has 0 fully saturated rings. The van der Waals surface area contributed by atoms with E-state index < -0.39 is 0 Å². The lowest BCUT2D eigenvalue weighted by Crippen LogP contribution is -2.12. The van der Waals surface area contributed by atoms with Crippen LogP contribution in [-0.2, 0) is 16.2 Å². The maximum absolute atomic E-state index is 11.1. The van der Waals surface area contributed by atoms with Gasteiger partial charge in [0.1, 0.15) is 11.6 Å². The van der Waals surface area contributed by atoms with Crippen molar-refractivity contribution in [2.45, 2.75) is 78.6 Å². The van der Waals surface area contributed by atoms with E-state index >= 15 is 0 Å². The first kappa shape index (κ1) is 33.3. The lowest BCUT2D eigenvalue weighted by Gasteiger charge is -2.23. The van der Waals surface area contributed by atoms with Crippen LogP contribution in [0, 0.1) is 0 Å². The van der Waals surface area contributed by atoms with Crippen molar-refractivity contribution in [1.29, 1.82) is 0 Å². The number of benzene rings is 5. The van der Waals surface area contributed by atoms with Gasteiger partial charge in [-0.2, -0.15) is 0 Å². The van der Waals surface area contributed by atoms with Gasteiger partial charge in [-0.25, -0.2) is 4.98 Å². The summed E-state index contributed by atoms with van der Waals surface area (Å²) in [6.45, 7) is 20.1. The van der Waals surface area contributed by atoms with Crippen LogP contribution in [0.25, 0.3) is 66.7 Å². The second kappa shape index (κ2) is 12.0. The lowest BCUT2D eigenvalue weighted by atomic mass is 9.81. The number of aromatic amines is 1. The summed E-state index contributed by atoms with van der Waals surface area (Å²) in [4.78, 5) is 13.8. The highest BCUT2D eigenvalue weighted by Crippen LogP contribution is 2.42. The van der Waals surface area contributed by atoms with Crippen LogP contribution in [0.15, 0.2) is 109 Å². The predicted molar refractivity (Wildman–Crippen MR) is 211 cm³/mol. The highest BCUT2D eigenvalue weighted by atomic mass is 16.3. The van der Waals surface area contributed by atoms with Crippen molar-refractivity contribution in [2.24, 2.45) is 0 Å². The largest absolute Gasteiger partial charge is 0.507 e. The van der Waals surface area contributed by atoms with Crippen LogP contribution >= 0.6 is 0 Å². The van der Waals surface area contributed by atoms with E-state index in [1.54, 1.807) is 6.07 Å². The van der Waals surface area contributed by atoms with Crippen molar-refractivity contribution in [2.75, 3.05) is 0 Å². The first-order valence-corrected chi connectivity index (χ1v) is 17.5. The molecule has 4 heteroatoms. The van der Waals surface area contributed by atoms with E-state index in [9.17, 15) is 5.11 Å². The monoisotopic (exact) mass is 657 g/mol. The molecule has 7 rings (SSSR count). The third-order valence-electron chi connectivity index (χ3n) is 9.80. The second-order valence-electron chi connectivity index (χ2n) is 16.8. The molecule has 50 heavy (non-hydrogen) atoms. The van der Waals surface area contributed by atoms with Crippen LogP contribution in [0.3, 0.4) is 0 Å². The Hall–Kier alpha value is -5.22. The molecular weight excluding hydrogens is 611 g/mol. The average Bonchev–Trinajstić information content (AvgIpc) is 3.50. The number of hydrogen-bond donors (Lipinski definition) is 2. The van der Waals surface area contributed by atoms with Gasteiger partial charge in [-0.15, -0.1) is 0 Å². The molecule has 7 aromatic rings. The molecule has 252 valence electrons. The van der Waals surface area contributed by atoms with Crippen LogP contribution in [-0.4, -0.2) is 20.1 Å². The number of nitrogens with zero attached hydrogens (tertiary/aromatic N) is 2. The van der Waals surface area contributed by atoms with E-state index in [0.29, 0.717) is 11.4 Å². The van der Waals surface area contributed by atoms with Crippen LogP contribution < -0.4 is 0 Å². The van der Waals surface area contributed by atoms with Crippen LogP contribution in [0.5, 0.6) is 5.75 Å². The highest BCUT2D eigenvalue weighted by molar-refractivity contribution is 6.00. The maximum atomic E-state index is 11.1. The van der Waals surface area contributed by atoms with Crippen molar-refractivity contribution >= 4 is 21.9 Å². The van der Waals surface area contributed by atoms with Gasteiger partial charge in [0.15, 0.2) is 0 Å². The molecule has 0 aliphatic heterocycles. The van der Waals surface area contributed by atoms with E-state index in [2.05, 4.69) is 152 Å². The summed E-state index contributed by atoms with van der Waals surface area (Å²) in [5, 5.41) is 12.2. The Morgan fingerprint density at radius 3 is 1.78 bits per heavy atom. The molecular formula is C46H47N3O. The summed E-state index contributed by atoms with van der Waals surface area (Å²) in [5.74, 6) is 0.873. The average molecular weight is 658 g/mol. The smallest absolute Gasteiger partial charge is 0.142 e. The topological polar surface area (TPSA) is 61.8 Å². The number of hydrogen-bond acceptors (Lipinski definition) is 3. The van der Waals surface area contributed by atoms with Crippen molar-refractivity contribution in [3.8, 4) is 50.5 Å². The molecule has 0 radical (unpaired) electrons. The Kier molecular flexibility index (Phi) is 7.98. The Bertz CT molecular complexity index is 2380. The normalized spacial score (nSPS) is 12.6. The van der Waals surface area contributed by atoms with Crippen molar-refractivity contribution in [3.05, 3.63) is 126 Å². The zero-order valence-corrected chi connectivity index (χ0v) is 30.7. The Labute approximate surface area is 296 Å². The van der Waals surface area contributed by atoms with Gasteiger partial charge in [-0.1, -0.05) is 117 Å². The third kappa shape index (κ3) is 6.31. The Balaban J connectivity index is 1.51. The minimum Gasteiger partial charge on any atom is -0.507 e. The molecule has 0 saturated carbocycles. The number of aromatic nitrogens is 3. The summed E-state index contributed by atoms with van der Waals surface area (Å²) >= 11 is 0. The fourth-order valence-electron chi connectivity index (χ4n) is 6.67. The standard InChI is InChI=1S/C46H47N3O/c1-44(2,3)33-17-18-40(50)38(25-33)43-48-39-27-35(46(7,8)9)26-37(42(39)49-43)32-21-31(22-34(23-32)45(4,5)6)36-24-30(28-14-11-10-12-15-28)20-29-16-13-19-47-41(29)36/h10-27,50H,1-9H3,(H,48,49). The molecule has 0 saturated heterocycles. The summed E-state index contributed by atoms with van der Waals surface area (Å²) < 4.78 is 0. The maximum Gasteiger partial charge on any atom is 0.142 e. The highest BCUT2D eigenvalue weighted by Gasteiger charge is 2.24. The van der Waals surface area contributed by atoms with Crippen molar-refractivity contribution in [3.63, 3.8) is 0 Å². The molecule has 0 aliphatic carbocycles. The number of H-pyrrole nitrogens is 1. The predicted octanol–water partition coefficient (Wildman–Crippen LogP) is 12.4. The third-order valence-corrected chi connectivity index (χ3v) is 9.80. The number of phenolic OH excluding ortho intramolecular Hbond substituents is 1. The summed E-state index contributed by atoms with van der Waals surface area (Å²) in [7, 11) is 0.